The van der Waals surface area contributed by atoms with E-state index < -0.39 is 24.2 Å². The average molecular weight is 564 g/mol. The zero-order valence-corrected chi connectivity index (χ0v) is 22.8. The fourth-order valence-electron chi connectivity index (χ4n) is 3.51. The van der Waals surface area contributed by atoms with E-state index in [1.165, 1.54) is 18.2 Å². The zero-order valence-electron chi connectivity index (χ0n) is 21.1. The van der Waals surface area contributed by atoms with E-state index >= 15 is 0 Å². The minimum absolute atomic E-state index is 0.00139. The van der Waals surface area contributed by atoms with E-state index in [4.69, 9.17) is 14.4 Å². The lowest BCUT2D eigenvalue weighted by Crippen LogP contribution is -2.37. The fourth-order valence-corrected chi connectivity index (χ4v) is 4.48. The molecule has 0 saturated carbocycles. The summed E-state index contributed by atoms with van der Waals surface area (Å²) < 4.78 is 47.4. The number of phenols is 1. The van der Waals surface area contributed by atoms with Crippen molar-refractivity contribution in [2.75, 3.05) is 24.1 Å². The maximum absolute atomic E-state index is 11.4. The summed E-state index contributed by atoms with van der Waals surface area (Å²) in [6.07, 6.45) is 0.903. The summed E-state index contributed by atoms with van der Waals surface area (Å²) in [5.74, 6) is 0.790. The molecule has 0 aliphatic rings. The smallest absolute Gasteiger partial charge is 0.506 e. The molecule has 3 atom stereocenters. The van der Waals surface area contributed by atoms with E-state index in [0.29, 0.717) is 23.4 Å². The molecule has 0 bridgehead atoms. The Morgan fingerprint density at radius 3 is 2.21 bits per heavy atom. The molecule has 0 spiro atoms. The molecule has 3 aromatic carbocycles. The maximum atomic E-state index is 11.4. The van der Waals surface area contributed by atoms with Gasteiger partial charge in [-0.15, -0.1) is 0 Å². The van der Waals surface area contributed by atoms with Crippen molar-refractivity contribution in [3.63, 3.8) is 0 Å². The predicted molar refractivity (Wildman–Crippen MR) is 146 cm³/mol. The lowest BCUT2D eigenvalue weighted by molar-refractivity contribution is 0.104. The Kier molecular flexibility index (Phi) is 10.5. The van der Waals surface area contributed by atoms with Gasteiger partial charge in [-0.05, 0) is 65.4 Å². The van der Waals surface area contributed by atoms with Crippen LogP contribution in [0.1, 0.15) is 18.1 Å². The standard InChI is InChI=1S/C26H31N2O8PS/c1-18(27-15-21(29)17-36-23-9-12-26(30)25(14-23)28-38(2,33)34)13-19-3-7-22(8-4-19)35-16-20-5-10-24(11-6-20)37(31)32/h3-12,14,18,21,27-29H,13,15-17H2,1-2H3,(H-,30,31,32)/p+1. The number of benzene rings is 3. The molecule has 204 valence electrons. The number of rotatable bonds is 14. The summed E-state index contributed by atoms with van der Waals surface area (Å²) in [5, 5.41) is 23.7. The normalized spacial score (nSPS) is 13.4. The molecule has 5 N–H and O–H groups in total. The Morgan fingerprint density at radius 1 is 0.947 bits per heavy atom. The number of phenolic OH excluding ortho intramolecular Hbond substituents is 1. The van der Waals surface area contributed by atoms with Crippen LogP contribution in [0.4, 0.5) is 5.69 Å². The Bertz CT molecular complexity index is 1320. The topological polar surface area (TPSA) is 154 Å². The van der Waals surface area contributed by atoms with Crippen LogP contribution in [0.5, 0.6) is 17.2 Å². The van der Waals surface area contributed by atoms with Gasteiger partial charge in [-0.25, -0.2) is 8.42 Å². The molecular weight excluding hydrogens is 531 g/mol. The van der Waals surface area contributed by atoms with Crippen LogP contribution in [0.2, 0.25) is 0 Å². The highest BCUT2D eigenvalue weighted by atomic mass is 32.2. The first-order valence-electron chi connectivity index (χ1n) is 11.8. The molecule has 0 aliphatic heterocycles. The first-order valence-corrected chi connectivity index (χ1v) is 14.9. The number of ether oxygens (including phenoxy) is 2. The highest BCUT2D eigenvalue weighted by molar-refractivity contribution is 7.92. The van der Waals surface area contributed by atoms with Crippen molar-refractivity contribution in [1.29, 1.82) is 0 Å². The van der Waals surface area contributed by atoms with Crippen LogP contribution in [0.15, 0.2) is 66.7 Å². The molecule has 0 saturated heterocycles. The number of sulfonamides is 1. The number of aliphatic hydroxyl groups is 1. The first-order chi connectivity index (χ1) is 18.0. The van der Waals surface area contributed by atoms with Gasteiger partial charge in [0.1, 0.15) is 36.6 Å². The molecule has 10 nitrogen and oxygen atoms in total. The molecule has 0 heterocycles. The van der Waals surface area contributed by atoms with Gasteiger partial charge < -0.3 is 25.0 Å². The van der Waals surface area contributed by atoms with Gasteiger partial charge >= 0.3 is 8.03 Å². The van der Waals surface area contributed by atoms with Crippen LogP contribution in [0.25, 0.3) is 0 Å². The zero-order chi connectivity index (χ0) is 27.7. The van der Waals surface area contributed by atoms with E-state index in [1.807, 2.05) is 31.2 Å². The van der Waals surface area contributed by atoms with Gasteiger partial charge in [0.05, 0.1) is 11.9 Å². The van der Waals surface area contributed by atoms with Gasteiger partial charge in [-0.3, -0.25) is 4.72 Å². The molecule has 12 heteroatoms. The van der Waals surface area contributed by atoms with Crippen molar-refractivity contribution < 1.29 is 37.6 Å². The Hall–Kier alpha value is -3.21. The molecule has 38 heavy (non-hydrogen) atoms. The van der Waals surface area contributed by atoms with Gasteiger partial charge in [-0.1, -0.05) is 24.3 Å². The molecule has 0 amide bonds. The van der Waals surface area contributed by atoms with Crippen LogP contribution >= 0.6 is 8.03 Å². The molecular formula is C26H32N2O8PS+. The summed E-state index contributed by atoms with van der Waals surface area (Å²) in [4.78, 5) is 9.11. The molecule has 3 unspecified atom stereocenters. The van der Waals surface area contributed by atoms with Crippen molar-refractivity contribution in [2.24, 2.45) is 0 Å². The molecule has 0 aromatic heterocycles. The largest absolute Gasteiger partial charge is 0.546 e. The summed E-state index contributed by atoms with van der Waals surface area (Å²) in [7, 11) is -5.90. The second-order valence-corrected chi connectivity index (χ2v) is 11.7. The van der Waals surface area contributed by atoms with E-state index in [2.05, 4.69) is 10.0 Å². The summed E-state index contributed by atoms with van der Waals surface area (Å²) >= 11 is 0. The van der Waals surface area contributed by atoms with E-state index in [0.717, 1.165) is 23.8 Å². The van der Waals surface area contributed by atoms with Crippen LogP contribution in [0, 0.1) is 0 Å². The summed E-state index contributed by atoms with van der Waals surface area (Å²) in [6.45, 7) is 2.62. The molecule has 3 rings (SSSR count). The third kappa shape index (κ3) is 9.92. The van der Waals surface area contributed by atoms with Gasteiger partial charge in [0.15, 0.2) is 0 Å². The number of anilines is 1. The molecule has 3 aromatic rings. The second-order valence-electron chi connectivity index (χ2n) is 8.90. The van der Waals surface area contributed by atoms with Gasteiger partial charge in [0.2, 0.25) is 15.3 Å². The molecule has 0 aliphatic carbocycles. The number of hydrogen-bond acceptors (Lipinski definition) is 8. The monoisotopic (exact) mass is 563 g/mol. The maximum Gasteiger partial charge on any atom is 0.546 e. The predicted octanol–water partition coefficient (Wildman–Crippen LogP) is 2.66. The minimum Gasteiger partial charge on any atom is -0.506 e. The van der Waals surface area contributed by atoms with Gasteiger partial charge in [0.25, 0.3) is 0 Å². The Balaban J connectivity index is 1.39. The number of aromatic hydroxyl groups is 1. The van der Waals surface area contributed by atoms with E-state index in [-0.39, 0.29) is 30.6 Å². The molecule has 0 radical (unpaired) electrons. The van der Waals surface area contributed by atoms with E-state index in [1.54, 1.807) is 24.3 Å². The second kappa shape index (κ2) is 13.5. The van der Waals surface area contributed by atoms with Crippen LogP contribution in [-0.2, 0) is 27.6 Å². The van der Waals surface area contributed by atoms with Gasteiger partial charge in [0, 0.05) is 18.7 Å². The first kappa shape index (κ1) is 29.3. The third-order valence-corrected chi connectivity index (χ3v) is 6.77. The Morgan fingerprint density at radius 2 is 1.58 bits per heavy atom. The van der Waals surface area contributed by atoms with Crippen LogP contribution < -0.4 is 24.8 Å². The summed E-state index contributed by atoms with van der Waals surface area (Å²) in [5.41, 5.74) is 1.99. The Labute approximate surface area is 223 Å². The number of aliphatic hydroxyl groups excluding tert-OH is 1. The number of hydrogen-bond donors (Lipinski definition) is 5. The van der Waals surface area contributed by atoms with E-state index in [9.17, 15) is 23.2 Å². The van der Waals surface area contributed by atoms with Crippen molar-refractivity contribution in [2.45, 2.75) is 32.1 Å². The highest BCUT2D eigenvalue weighted by Gasteiger charge is 2.15. The van der Waals surface area contributed by atoms with Gasteiger partial charge in [-0.2, -0.15) is 4.89 Å². The van der Waals surface area contributed by atoms with Crippen molar-refractivity contribution >= 4 is 29.0 Å². The van der Waals surface area contributed by atoms with Crippen LogP contribution in [-0.4, -0.2) is 55.1 Å². The number of nitrogens with one attached hydrogen (secondary N) is 2. The quantitative estimate of drug-likeness (QED) is 0.147. The van der Waals surface area contributed by atoms with Crippen molar-refractivity contribution in [1.82, 2.24) is 5.32 Å². The third-order valence-electron chi connectivity index (χ3n) is 5.44. The van der Waals surface area contributed by atoms with Crippen molar-refractivity contribution in [3.8, 4) is 17.2 Å². The molecule has 0 fully saturated rings. The minimum atomic E-state index is -3.56. The van der Waals surface area contributed by atoms with Crippen molar-refractivity contribution in [3.05, 3.63) is 77.9 Å². The lowest BCUT2D eigenvalue weighted by atomic mass is 10.1. The SMILES string of the molecule is CC(Cc1ccc(OCc2ccc([P+](=O)O)cc2)cc1)NCC(O)COc1ccc(O)c(NS(C)(=O)=O)c1. The fraction of sp³-hybridized carbons (Fsp3) is 0.308. The highest BCUT2D eigenvalue weighted by Crippen LogP contribution is 2.28. The lowest BCUT2D eigenvalue weighted by Gasteiger charge is -2.18. The summed E-state index contributed by atoms with van der Waals surface area (Å²) in [6, 6.07) is 18.7. The van der Waals surface area contributed by atoms with Crippen LogP contribution in [0.3, 0.4) is 0 Å². The average Bonchev–Trinajstić information content (AvgIpc) is 2.87.